The number of hydrogen-bond donors (Lipinski definition) is 1. The molecule has 0 amide bonds. The molecule has 2 fully saturated rings. The first-order valence-corrected chi connectivity index (χ1v) is 8.11. The zero-order valence-electron chi connectivity index (χ0n) is 12.2. The Bertz CT molecular complexity index is 455. The van der Waals surface area contributed by atoms with Crippen molar-refractivity contribution in [2.24, 2.45) is 5.92 Å². The van der Waals surface area contributed by atoms with E-state index in [9.17, 15) is 4.39 Å². The smallest absolute Gasteiger partial charge is 0.123 e. The van der Waals surface area contributed by atoms with Crippen molar-refractivity contribution >= 4 is 11.6 Å². The molecule has 1 N–H and O–H groups in total. The molecule has 3 rings (SSSR count). The topological polar surface area (TPSA) is 24.5 Å². The monoisotopic (exact) mass is 312 g/mol. The fourth-order valence-electron chi connectivity index (χ4n) is 3.48. The predicted molar refractivity (Wildman–Crippen MR) is 82.1 cm³/mol. The second kappa shape index (κ2) is 7.05. The van der Waals surface area contributed by atoms with E-state index in [-0.39, 0.29) is 11.9 Å². The average molecular weight is 313 g/mol. The zero-order chi connectivity index (χ0) is 14.7. The van der Waals surface area contributed by atoms with Crippen LogP contribution in [0.4, 0.5) is 4.39 Å². The van der Waals surface area contributed by atoms with Crippen LogP contribution in [-0.2, 0) is 4.74 Å². The van der Waals surface area contributed by atoms with Gasteiger partial charge in [-0.25, -0.2) is 4.39 Å². The van der Waals surface area contributed by atoms with Crippen LogP contribution in [0, 0.1) is 11.7 Å². The van der Waals surface area contributed by atoms with Crippen LogP contribution in [0.25, 0.3) is 0 Å². The maximum atomic E-state index is 13.7. The molecule has 0 bridgehead atoms. The van der Waals surface area contributed by atoms with Crippen LogP contribution >= 0.6 is 11.6 Å². The molecular weight excluding hydrogens is 291 g/mol. The number of halogens is 2. The summed E-state index contributed by atoms with van der Waals surface area (Å²) >= 11 is 6.39. The summed E-state index contributed by atoms with van der Waals surface area (Å²) in [6, 6.07) is 4.93. The van der Waals surface area contributed by atoms with E-state index in [2.05, 4.69) is 10.2 Å². The number of nitrogens with zero attached hydrogens (tertiary/aromatic N) is 1. The Morgan fingerprint density at radius 3 is 2.67 bits per heavy atom. The van der Waals surface area contributed by atoms with Gasteiger partial charge >= 0.3 is 0 Å². The normalized spacial score (nSPS) is 23.1. The van der Waals surface area contributed by atoms with Gasteiger partial charge in [0, 0.05) is 50.5 Å². The molecule has 0 aromatic heterocycles. The fraction of sp³-hybridized carbons (Fsp3) is 0.625. The fourth-order valence-corrected chi connectivity index (χ4v) is 3.71. The minimum absolute atomic E-state index is 0.194. The van der Waals surface area contributed by atoms with Crippen molar-refractivity contribution in [1.82, 2.24) is 10.2 Å². The Kier molecular flexibility index (Phi) is 5.11. The van der Waals surface area contributed by atoms with Crippen molar-refractivity contribution in [2.75, 3.05) is 39.4 Å². The quantitative estimate of drug-likeness (QED) is 0.929. The molecule has 2 heterocycles. The van der Waals surface area contributed by atoms with Gasteiger partial charge in [0.15, 0.2) is 0 Å². The number of ether oxygens (including phenoxy) is 1. The lowest BCUT2D eigenvalue weighted by molar-refractivity contribution is 0.0212. The van der Waals surface area contributed by atoms with Gasteiger partial charge in [0.1, 0.15) is 5.82 Å². The first-order valence-electron chi connectivity index (χ1n) is 7.73. The van der Waals surface area contributed by atoms with Gasteiger partial charge in [-0.15, -0.1) is 0 Å². The molecule has 0 spiro atoms. The van der Waals surface area contributed by atoms with Crippen molar-refractivity contribution in [3.8, 4) is 0 Å². The van der Waals surface area contributed by atoms with E-state index >= 15 is 0 Å². The molecule has 1 aromatic rings. The molecule has 2 aliphatic rings. The van der Waals surface area contributed by atoms with Crippen LogP contribution in [0.2, 0.25) is 5.02 Å². The SMILES string of the molecule is Fc1ccc(Cl)c([C@H](C2CCOCC2)N2CCNCC2)c1. The molecule has 0 radical (unpaired) electrons. The number of hydrogen-bond acceptors (Lipinski definition) is 3. The Morgan fingerprint density at radius 1 is 1.24 bits per heavy atom. The standard InChI is InChI=1S/C16H22ClFN2O/c17-15-2-1-13(18)11-14(15)16(12-3-9-21-10-4-12)20-7-5-19-6-8-20/h1-2,11-12,16,19H,3-10H2/t16-/m0/s1. The Balaban J connectivity index is 1.91. The molecule has 1 atom stereocenters. The summed E-state index contributed by atoms with van der Waals surface area (Å²) in [7, 11) is 0. The van der Waals surface area contributed by atoms with Gasteiger partial charge in [0.2, 0.25) is 0 Å². The minimum atomic E-state index is -0.207. The van der Waals surface area contributed by atoms with Crippen LogP contribution < -0.4 is 5.32 Å². The molecule has 1 aromatic carbocycles. The largest absolute Gasteiger partial charge is 0.381 e. The first kappa shape index (κ1) is 15.2. The summed E-state index contributed by atoms with van der Waals surface area (Å²) in [5, 5.41) is 4.05. The van der Waals surface area contributed by atoms with E-state index in [0.29, 0.717) is 10.9 Å². The van der Waals surface area contributed by atoms with Crippen molar-refractivity contribution in [3.05, 3.63) is 34.6 Å². The van der Waals surface area contributed by atoms with Gasteiger partial charge in [0.25, 0.3) is 0 Å². The number of benzene rings is 1. The van der Waals surface area contributed by atoms with E-state index in [1.54, 1.807) is 12.1 Å². The summed E-state index contributed by atoms with van der Waals surface area (Å²) in [6.07, 6.45) is 2.03. The summed E-state index contributed by atoms with van der Waals surface area (Å²) in [5.74, 6) is 0.276. The summed E-state index contributed by atoms with van der Waals surface area (Å²) in [6.45, 7) is 5.50. The highest BCUT2D eigenvalue weighted by Crippen LogP contribution is 2.38. The van der Waals surface area contributed by atoms with Crippen LogP contribution in [0.15, 0.2) is 18.2 Å². The van der Waals surface area contributed by atoms with E-state index in [0.717, 1.165) is 57.8 Å². The average Bonchev–Trinajstić information content (AvgIpc) is 2.53. The second-order valence-electron chi connectivity index (χ2n) is 5.85. The molecular formula is C16H22ClFN2O. The predicted octanol–water partition coefficient (Wildman–Crippen LogP) is 2.85. The molecule has 0 unspecified atom stereocenters. The first-order chi connectivity index (χ1) is 10.3. The molecule has 2 saturated heterocycles. The second-order valence-corrected chi connectivity index (χ2v) is 6.25. The van der Waals surface area contributed by atoms with E-state index < -0.39 is 0 Å². The molecule has 5 heteroatoms. The van der Waals surface area contributed by atoms with E-state index in [4.69, 9.17) is 16.3 Å². The third-order valence-electron chi connectivity index (χ3n) is 4.53. The van der Waals surface area contributed by atoms with Gasteiger partial charge in [0.05, 0.1) is 0 Å². The van der Waals surface area contributed by atoms with E-state index in [1.807, 2.05) is 0 Å². The molecule has 116 valence electrons. The van der Waals surface area contributed by atoms with Gasteiger partial charge in [-0.05, 0) is 42.5 Å². The molecule has 0 aliphatic carbocycles. The third-order valence-corrected chi connectivity index (χ3v) is 4.88. The van der Waals surface area contributed by atoms with Gasteiger partial charge in [-0.1, -0.05) is 11.6 Å². The molecule has 2 aliphatic heterocycles. The van der Waals surface area contributed by atoms with Crippen molar-refractivity contribution in [2.45, 2.75) is 18.9 Å². The lowest BCUT2D eigenvalue weighted by Crippen LogP contribution is -2.47. The lowest BCUT2D eigenvalue weighted by atomic mass is 9.85. The summed E-state index contributed by atoms with van der Waals surface area (Å²) in [4.78, 5) is 2.45. The number of nitrogens with one attached hydrogen (secondary N) is 1. The van der Waals surface area contributed by atoms with E-state index in [1.165, 1.54) is 6.07 Å². The van der Waals surface area contributed by atoms with Crippen LogP contribution in [0.1, 0.15) is 24.4 Å². The van der Waals surface area contributed by atoms with Gasteiger partial charge in [-0.3, -0.25) is 4.90 Å². The molecule has 0 saturated carbocycles. The highest BCUT2D eigenvalue weighted by atomic mass is 35.5. The Hall–Kier alpha value is -0.680. The van der Waals surface area contributed by atoms with Crippen LogP contribution in [0.5, 0.6) is 0 Å². The Morgan fingerprint density at radius 2 is 1.95 bits per heavy atom. The third kappa shape index (κ3) is 3.57. The Labute approximate surface area is 130 Å². The lowest BCUT2D eigenvalue weighted by Gasteiger charge is -2.41. The highest BCUT2D eigenvalue weighted by molar-refractivity contribution is 6.31. The summed E-state index contributed by atoms with van der Waals surface area (Å²) in [5.41, 5.74) is 0.936. The molecule has 3 nitrogen and oxygen atoms in total. The molecule has 21 heavy (non-hydrogen) atoms. The number of piperazine rings is 1. The highest BCUT2D eigenvalue weighted by Gasteiger charge is 2.32. The van der Waals surface area contributed by atoms with Gasteiger partial charge < -0.3 is 10.1 Å². The zero-order valence-corrected chi connectivity index (χ0v) is 12.9. The van der Waals surface area contributed by atoms with Gasteiger partial charge in [-0.2, -0.15) is 0 Å². The maximum absolute atomic E-state index is 13.7. The minimum Gasteiger partial charge on any atom is -0.381 e. The maximum Gasteiger partial charge on any atom is 0.123 e. The number of rotatable bonds is 3. The van der Waals surface area contributed by atoms with Crippen molar-refractivity contribution < 1.29 is 9.13 Å². The van der Waals surface area contributed by atoms with Crippen LogP contribution in [-0.4, -0.2) is 44.3 Å². The van der Waals surface area contributed by atoms with Crippen molar-refractivity contribution in [1.29, 1.82) is 0 Å². The summed E-state index contributed by atoms with van der Waals surface area (Å²) < 4.78 is 19.2. The van der Waals surface area contributed by atoms with Crippen molar-refractivity contribution in [3.63, 3.8) is 0 Å². The van der Waals surface area contributed by atoms with Crippen LogP contribution in [0.3, 0.4) is 0 Å².